The summed E-state index contributed by atoms with van der Waals surface area (Å²) in [6.45, 7) is 5.76. The highest BCUT2D eigenvalue weighted by Gasteiger charge is 2.23. The van der Waals surface area contributed by atoms with Crippen LogP contribution in [0.5, 0.6) is 0 Å². The molecule has 1 heterocycles. The number of nitrogens with one attached hydrogen (secondary N) is 1. The summed E-state index contributed by atoms with van der Waals surface area (Å²) in [6, 6.07) is 2.96. The summed E-state index contributed by atoms with van der Waals surface area (Å²) in [5, 5.41) is 5.89. The second-order valence-corrected chi connectivity index (χ2v) is 7.39. The fourth-order valence-electron chi connectivity index (χ4n) is 2.71. The number of hydrogen-bond donors (Lipinski definition) is 1. The Hall–Kier alpha value is 0.140. The lowest BCUT2D eigenvalue weighted by atomic mass is 9.79. The van der Waals surface area contributed by atoms with Gasteiger partial charge < -0.3 is 5.32 Å². The van der Waals surface area contributed by atoms with Gasteiger partial charge >= 0.3 is 0 Å². The molecule has 1 fully saturated rings. The highest BCUT2D eigenvalue weighted by atomic mass is 79.9. The standard InChI is InChI=1S/C14H22BrNS/c1-10(2)11-4-3-5-13(6-11)16-8-14-7-12(15)9-17-14/h7,9-11,13,16H,3-6,8H2,1-2H3. The van der Waals surface area contributed by atoms with Crippen molar-refractivity contribution in [1.82, 2.24) is 5.32 Å². The molecular formula is C14H22BrNS. The minimum absolute atomic E-state index is 0.733. The van der Waals surface area contributed by atoms with Crippen molar-refractivity contribution in [3.05, 3.63) is 20.8 Å². The van der Waals surface area contributed by atoms with Crippen LogP contribution < -0.4 is 5.32 Å². The second kappa shape index (κ2) is 6.35. The topological polar surface area (TPSA) is 12.0 Å². The number of rotatable bonds is 4. The van der Waals surface area contributed by atoms with E-state index in [2.05, 4.69) is 46.5 Å². The van der Waals surface area contributed by atoms with Crippen LogP contribution in [0.4, 0.5) is 0 Å². The van der Waals surface area contributed by atoms with Gasteiger partial charge in [-0.25, -0.2) is 0 Å². The maximum Gasteiger partial charge on any atom is 0.0302 e. The van der Waals surface area contributed by atoms with Gasteiger partial charge in [0.2, 0.25) is 0 Å². The summed E-state index contributed by atoms with van der Waals surface area (Å²) < 4.78 is 1.21. The smallest absolute Gasteiger partial charge is 0.0302 e. The molecule has 1 aromatic heterocycles. The van der Waals surface area contributed by atoms with E-state index >= 15 is 0 Å². The maximum atomic E-state index is 3.73. The van der Waals surface area contributed by atoms with Crippen LogP contribution in [0.3, 0.4) is 0 Å². The van der Waals surface area contributed by atoms with Gasteiger partial charge in [-0.1, -0.05) is 26.7 Å². The van der Waals surface area contributed by atoms with Crippen molar-refractivity contribution in [3.8, 4) is 0 Å². The zero-order chi connectivity index (χ0) is 12.3. The molecule has 2 unspecified atom stereocenters. The number of hydrogen-bond acceptors (Lipinski definition) is 2. The molecule has 0 spiro atoms. The quantitative estimate of drug-likeness (QED) is 0.840. The summed E-state index contributed by atoms with van der Waals surface area (Å²) in [6.07, 6.45) is 5.55. The van der Waals surface area contributed by atoms with E-state index in [1.54, 1.807) is 0 Å². The van der Waals surface area contributed by atoms with Crippen molar-refractivity contribution in [2.24, 2.45) is 11.8 Å². The third-order valence-corrected chi connectivity index (χ3v) is 5.54. The summed E-state index contributed by atoms with van der Waals surface area (Å²) >= 11 is 5.35. The zero-order valence-electron chi connectivity index (χ0n) is 10.7. The molecule has 0 bridgehead atoms. The molecule has 1 aliphatic rings. The lowest BCUT2D eigenvalue weighted by Gasteiger charge is -2.32. The first-order valence-electron chi connectivity index (χ1n) is 6.61. The molecule has 1 saturated carbocycles. The van der Waals surface area contributed by atoms with E-state index in [-0.39, 0.29) is 0 Å². The molecule has 1 N–H and O–H groups in total. The molecule has 2 rings (SSSR count). The minimum Gasteiger partial charge on any atom is -0.309 e. The van der Waals surface area contributed by atoms with Gasteiger partial charge in [0, 0.05) is 27.3 Å². The van der Waals surface area contributed by atoms with Gasteiger partial charge in [0.05, 0.1) is 0 Å². The Morgan fingerprint density at radius 2 is 2.29 bits per heavy atom. The summed E-state index contributed by atoms with van der Waals surface area (Å²) in [5.41, 5.74) is 0. The van der Waals surface area contributed by atoms with Crippen molar-refractivity contribution >= 4 is 27.3 Å². The van der Waals surface area contributed by atoms with Crippen molar-refractivity contribution in [2.45, 2.75) is 52.1 Å². The van der Waals surface area contributed by atoms with E-state index in [4.69, 9.17) is 0 Å². The third-order valence-electron chi connectivity index (χ3n) is 3.84. The first-order chi connectivity index (χ1) is 8.15. The average Bonchev–Trinajstić information content (AvgIpc) is 2.73. The Kier molecular flexibility index (Phi) is 5.07. The van der Waals surface area contributed by atoms with E-state index in [9.17, 15) is 0 Å². The molecule has 0 saturated heterocycles. The molecule has 1 aromatic rings. The molecule has 17 heavy (non-hydrogen) atoms. The fourth-order valence-corrected chi connectivity index (χ4v) is 4.11. The van der Waals surface area contributed by atoms with Gasteiger partial charge in [-0.2, -0.15) is 0 Å². The van der Waals surface area contributed by atoms with Crippen LogP contribution in [0.1, 0.15) is 44.4 Å². The van der Waals surface area contributed by atoms with Gasteiger partial charge in [0.15, 0.2) is 0 Å². The number of halogens is 1. The predicted molar refractivity (Wildman–Crippen MR) is 79.4 cm³/mol. The molecule has 0 aliphatic heterocycles. The summed E-state index contributed by atoms with van der Waals surface area (Å²) in [7, 11) is 0. The predicted octanol–water partition coefficient (Wildman–Crippen LogP) is 4.82. The van der Waals surface area contributed by atoms with E-state index in [0.717, 1.165) is 24.4 Å². The van der Waals surface area contributed by atoms with Gasteiger partial charge in [0.1, 0.15) is 0 Å². The van der Waals surface area contributed by atoms with E-state index < -0.39 is 0 Å². The molecule has 2 atom stereocenters. The van der Waals surface area contributed by atoms with Crippen LogP contribution in [-0.4, -0.2) is 6.04 Å². The first-order valence-corrected chi connectivity index (χ1v) is 8.28. The van der Waals surface area contributed by atoms with Crippen LogP contribution >= 0.6 is 27.3 Å². The van der Waals surface area contributed by atoms with E-state index in [1.807, 2.05) is 11.3 Å². The first kappa shape index (κ1) is 13.6. The molecular weight excluding hydrogens is 294 g/mol. The van der Waals surface area contributed by atoms with Gasteiger partial charge in [0.25, 0.3) is 0 Å². The molecule has 3 heteroatoms. The highest BCUT2D eigenvalue weighted by Crippen LogP contribution is 2.30. The number of thiophene rings is 1. The second-order valence-electron chi connectivity index (χ2n) is 5.48. The van der Waals surface area contributed by atoms with Crippen LogP contribution in [-0.2, 0) is 6.54 Å². The lowest BCUT2D eigenvalue weighted by Crippen LogP contribution is -2.34. The Balaban J connectivity index is 1.79. The Labute approximate surface area is 117 Å². The third kappa shape index (κ3) is 4.08. The minimum atomic E-state index is 0.733. The van der Waals surface area contributed by atoms with E-state index in [1.165, 1.54) is 35.0 Å². The monoisotopic (exact) mass is 315 g/mol. The lowest BCUT2D eigenvalue weighted by molar-refractivity contribution is 0.231. The average molecular weight is 316 g/mol. The van der Waals surface area contributed by atoms with Crippen LogP contribution in [0.2, 0.25) is 0 Å². The molecule has 1 aliphatic carbocycles. The molecule has 0 aromatic carbocycles. The van der Waals surface area contributed by atoms with Gasteiger partial charge in [-0.15, -0.1) is 11.3 Å². The largest absolute Gasteiger partial charge is 0.309 e. The molecule has 96 valence electrons. The van der Waals surface area contributed by atoms with Crippen LogP contribution in [0.15, 0.2) is 15.9 Å². The summed E-state index contributed by atoms with van der Waals surface area (Å²) in [4.78, 5) is 1.43. The Bertz CT molecular complexity index is 348. The maximum absolute atomic E-state index is 3.73. The van der Waals surface area contributed by atoms with Gasteiger partial charge in [-0.3, -0.25) is 0 Å². The van der Waals surface area contributed by atoms with Crippen LogP contribution in [0.25, 0.3) is 0 Å². The fraction of sp³-hybridized carbons (Fsp3) is 0.714. The van der Waals surface area contributed by atoms with Crippen molar-refractivity contribution < 1.29 is 0 Å². The Morgan fingerprint density at radius 3 is 2.94 bits per heavy atom. The van der Waals surface area contributed by atoms with Gasteiger partial charge in [-0.05, 0) is 46.7 Å². The Morgan fingerprint density at radius 1 is 1.47 bits per heavy atom. The van der Waals surface area contributed by atoms with Crippen molar-refractivity contribution in [1.29, 1.82) is 0 Å². The molecule has 0 radical (unpaired) electrons. The highest BCUT2D eigenvalue weighted by molar-refractivity contribution is 9.10. The SMILES string of the molecule is CC(C)C1CCCC(NCc2cc(Br)cs2)C1. The molecule has 1 nitrogen and oxygen atoms in total. The van der Waals surface area contributed by atoms with Crippen molar-refractivity contribution in [3.63, 3.8) is 0 Å². The zero-order valence-corrected chi connectivity index (χ0v) is 13.1. The van der Waals surface area contributed by atoms with Crippen LogP contribution in [0, 0.1) is 11.8 Å². The van der Waals surface area contributed by atoms with E-state index in [0.29, 0.717) is 0 Å². The summed E-state index contributed by atoms with van der Waals surface area (Å²) in [5.74, 6) is 1.77. The molecule has 0 amide bonds. The normalized spacial score (nSPS) is 25.4. The van der Waals surface area contributed by atoms with Crippen molar-refractivity contribution in [2.75, 3.05) is 0 Å².